The van der Waals surface area contributed by atoms with Gasteiger partial charge in [0.1, 0.15) is 5.69 Å². The van der Waals surface area contributed by atoms with E-state index < -0.39 is 5.97 Å². The summed E-state index contributed by atoms with van der Waals surface area (Å²) in [6.45, 7) is 5.98. The van der Waals surface area contributed by atoms with E-state index in [9.17, 15) is 14.4 Å². The van der Waals surface area contributed by atoms with Crippen molar-refractivity contribution >= 4 is 17.9 Å². The Morgan fingerprint density at radius 3 is 2.17 bits per heavy atom. The van der Waals surface area contributed by atoms with E-state index in [1.54, 1.807) is 27.0 Å². The highest BCUT2D eigenvalue weighted by molar-refractivity contribution is 5.90. The number of carbonyl (C=O) groups excluding carboxylic acids is 3. The lowest BCUT2D eigenvalue weighted by molar-refractivity contribution is -0.143. The van der Waals surface area contributed by atoms with Gasteiger partial charge in [0.05, 0.1) is 26.2 Å². The molecule has 1 heterocycles. The molecule has 0 fully saturated rings. The maximum atomic E-state index is 12.0. The molecule has 1 rings (SSSR count). The third-order valence-electron chi connectivity index (χ3n) is 3.08. The molecule has 0 unspecified atom stereocenters. The maximum absolute atomic E-state index is 12.0. The third-order valence-corrected chi connectivity index (χ3v) is 3.08. The molecule has 23 heavy (non-hydrogen) atoms. The van der Waals surface area contributed by atoms with Crippen molar-refractivity contribution in [3.8, 4) is 0 Å². The Labute approximate surface area is 135 Å². The van der Waals surface area contributed by atoms with Gasteiger partial charge in [-0.3, -0.25) is 9.59 Å². The summed E-state index contributed by atoms with van der Waals surface area (Å²) in [5.41, 5.74) is 1.47. The molecule has 0 radical (unpaired) electrons. The van der Waals surface area contributed by atoms with Crippen LogP contribution in [0, 0.1) is 0 Å². The molecule has 0 aliphatic carbocycles. The van der Waals surface area contributed by atoms with Gasteiger partial charge >= 0.3 is 17.9 Å². The summed E-state index contributed by atoms with van der Waals surface area (Å²) < 4.78 is 14.8. The Bertz CT molecular complexity index is 549. The number of rotatable bonds is 9. The van der Waals surface area contributed by atoms with Crippen molar-refractivity contribution in [2.75, 3.05) is 19.8 Å². The summed E-state index contributed by atoms with van der Waals surface area (Å²) in [7, 11) is 0. The number of aromatic nitrogens is 1. The zero-order valence-corrected chi connectivity index (χ0v) is 13.8. The van der Waals surface area contributed by atoms with Crippen LogP contribution in [0.15, 0.2) is 6.20 Å². The van der Waals surface area contributed by atoms with Crippen molar-refractivity contribution in [3.63, 3.8) is 0 Å². The number of hydrogen-bond acceptors (Lipinski definition) is 6. The monoisotopic (exact) mass is 325 g/mol. The first-order valence-corrected chi connectivity index (χ1v) is 7.70. The molecule has 0 aliphatic rings. The minimum absolute atomic E-state index is 0.0297. The van der Waals surface area contributed by atoms with E-state index >= 15 is 0 Å². The molecule has 7 heteroatoms. The predicted octanol–water partition coefficient (Wildman–Crippen LogP) is 1.79. The van der Waals surface area contributed by atoms with Crippen LogP contribution in [0.2, 0.25) is 0 Å². The lowest BCUT2D eigenvalue weighted by atomic mass is 10.0. The number of aromatic amines is 1. The standard InChI is InChI=1S/C16H23NO6/c1-4-21-13(18)8-7-12-11(9-14(19)22-5-2)10-17-15(12)16(20)23-6-3/h10,17H,4-9H2,1-3H3. The molecule has 128 valence electrons. The lowest BCUT2D eigenvalue weighted by Gasteiger charge is -2.07. The molecule has 1 aromatic rings. The fourth-order valence-electron chi connectivity index (χ4n) is 2.15. The van der Waals surface area contributed by atoms with E-state index in [-0.39, 0.29) is 50.1 Å². The van der Waals surface area contributed by atoms with Crippen LogP contribution < -0.4 is 0 Å². The van der Waals surface area contributed by atoms with E-state index in [1.807, 2.05) is 0 Å². The predicted molar refractivity (Wildman–Crippen MR) is 82.0 cm³/mol. The van der Waals surface area contributed by atoms with Gasteiger partial charge in [-0.05, 0) is 38.3 Å². The Kier molecular flexibility index (Phi) is 7.87. The van der Waals surface area contributed by atoms with Crippen LogP contribution >= 0.6 is 0 Å². The van der Waals surface area contributed by atoms with Gasteiger partial charge in [0.2, 0.25) is 0 Å². The van der Waals surface area contributed by atoms with Crippen LogP contribution in [-0.4, -0.2) is 42.7 Å². The van der Waals surface area contributed by atoms with E-state index in [0.29, 0.717) is 17.7 Å². The Hall–Kier alpha value is -2.31. The molecular weight excluding hydrogens is 302 g/mol. The average molecular weight is 325 g/mol. The molecule has 0 aliphatic heterocycles. The minimum Gasteiger partial charge on any atom is -0.466 e. The highest BCUT2D eigenvalue weighted by Crippen LogP contribution is 2.19. The SMILES string of the molecule is CCOC(=O)CCc1c(CC(=O)OCC)c[nH]c1C(=O)OCC. The van der Waals surface area contributed by atoms with Gasteiger partial charge in [0.15, 0.2) is 0 Å². The fourth-order valence-corrected chi connectivity index (χ4v) is 2.15. The Balaban J connectivity index is 2.93. The van der Waals surface area contributed by atoms with Crippen LogP contribution in [0.1, 0.15) is 48.8 Å². The molecule has 0 saturated heterocycles. The quantitative estimate of drug-likeness (QED) is 0.549. The molecule has 0 atom stereocenters. The minimum atomic E-state index is -0.513. The molecule has 0 bridgehead atoms. The molecular formula is C16H23NO6. The summed E-state index contributed by atoms with van der Waals surface area (Å²) in [5, 5.41) is 0. The largest absolute Gasteiger partial charge is 0.466 e. The first kappa shape index (κ1) is 18.7. The Morgan fingerprint density at radius 1 is 0.957 bits per heavy atom. The van der Waals surface area contributed by atoms with E-state index in [2.05, 4.69) is 4.98 Å². The topological polar surface area (TPSA) is 94.7 Å². The van der Waals surface area contributed by atoms with Gasteiger partial charge in [-0.15, -0.1) is 0 Å². The van der Waals surface area contributed by atoms with Gasteiger partial charge in [0, 0.05) is 12.6 Å². The van der Waals surface area contributed by atoms with Crippen molar-refractivity contribution in [1.29, 1.82) is 0 Å². The zero-order chi connectivity index (χ0) is 17.2. The van der Waals surface area contributed by atoms with Gasteiger partial charge in [-0.1, -0.05) is 0 Å². The van der Waals surface area contributed by atoms with Crippen molar-refractivity contribution in [3.05, 3.63) is 23.0 Å². The van der Waals surface area contributed by atoms with Crippen molar-refractivity contribution in [2.45, 2.75) is 40.0 Å². The average Bonchev–Trinajstić information content (AvgIpc) is 2.88. The summed E-state index contributed by atoms with van der Waals surface area (Å²) in [5.74, 6) is -1.26. The molecule has 7 nitrogen and oxygen atoms in total. The number of esters is 3. The highest BCUT2D eigenvalue weighted by Gasteiger charge is 2.21. The molecule has 0 amide bonds. The summed E-state index contributed by atoms with van der Waals surface area (Å²) >= 11 is 0. The van der Waals surface area contributed by atoms with E-state index in [1.165, 1.54) is 0 Å². The molecule has 0 saturated carbocycles. The fraction of sp³-hybridized carbons (Fsp3) is 0.562. The lowest BCUT2D eigenvalue weighted by Crippen LogP contribution is -2.13. The van der Waals surface area contributed by atoms with Gasteiger partial charge in [0.25, 0.3) is 0 Å². The molecule has 1 N–H and O–H groups in total. The summed E-state index contributed by atoms with van der Waals surface area (Å²) in [6, 6.07) is 0. The van der Waals surface area contributed by atoms with Crippen molar-refractivity contribution < 1.29 is 28.6 Å². The van der Waals surface area contributed by atoms with Crippen LogP contribution in [0.3, 0.4) is 0 Å². The summed E-state index contributed by atoms with van der Waals surface area (Å²) in [6.07, 6.45) is 2.00. The number of H-pyrrole nitrogens is 1. The van der Waals surface area contributed by atoms with Crippen molar-refractivity contribution in [2.24, 2.45) is 0 Å². The number of carbonyl (C=O) groups is 3. The van der Waals surface area contributed by atoms with Gasteiger partial charge in [-0.2, -0.15) is 0 Å². The first-order valence-electron chi connectivity index (χ1n) is 7.70. The normalized spacial score (nSPS) is 10.2. The highest BCUT2D eigenvalue weighted by atomic mass is 16.5. The molecule has 0 aromatic carbocycles. The smallest absolute Gasteiger partial charge is 0.355 e. The van der Waals surface area contributed by atoms with Crippen LogP contribution in [0.4, 0.5) is 0 Å². The van der Waals surface area contributed by atoms with Crippen LogP contribution in [0.5, 0.6) is 0 Å². The van der Waals surface area contributed by atoms with Crippen LogP contribution in [-0.2, 0) is 36.6 Å². The summed E-state index contributed by atoms with van der Waals surface area (Å²) in [4.78, 5) is 38.0. The Morgan fingerprint density at radius 2 is 1.57 bits per heavy atom. The van der Waals surface area contributed by atoms with E-state index in [4.69, 9.17) is 14.2 Å². The van der Waals surface area contributed by atoms with Crippen LogP contribution in [0.25, 0.3) is 0 Å². The van der Waals surface area contributed by atoms with E-state index in [0.717, 1.165) is 0 Å². The van der Waals surface area contributed by atoms with Gasteiger partial charge < -0.3 is 19.2 Å². The number of ether oxygens (including phenoxy) is 3. The molecule has 0 spiro atoms. The second-order valence-electron chi connectivity index (χ2n) is 4.67. The second kappa shape index (κ2) is 9.66. The third kappa shape index (κ3) is 5.77. The maximum Gasteiger partial charge on any atom is 0.355 e. The molecule has 1 aromatic heterocycles. The second-order valence-corrected chi connectivity index (χ2v) is 4.67. The number of nitrogens with one attached hydrogen (secondary N) is 1. The van der Waals surface area contributed by atoms with Crippen molar-refractivity contribution in [1.82, 2.24) is 4.98 Å². The zero-order valence-electron chi connectivity index (χ0n) is 13.8. The number of hydrogen-bond donors (Lipinski definition) is 1. The first-order chi connectivity index (χ1) is 11.0. The van der Waals surface area contributed by atoms with Gasteiger partial charge in [-0.25, -0.2) is 4.79 Å².